The molecule has 0 saturated carbocycles. The van der Waals surface area contributed by atoms with Crippen LogP contribution in [-0.2, 0) is 16.0 Å². The molecule has 1 fully saturated rings. The van der Waals surface area contributed by atoms with Crippen LogP contribution in [0.15, 0.2) is 24.3 Å². The molecule has 1 amide bonds. The number of ether oxygens (including phenoxy) is 1. The normalized spacial score (nSPS) is 17.3. The first-order chi connectivity index (χ1) is 13.9. The van der Waals surface area contributed by atoms with Crippen LogP contribution in [0.25, 0.3) is 5.69 Å². The molecule has 1 aliphatic rings. The van der Waals surface area contributed by atoms with Gasteiger partial charge in [0.25, 0.3) is 5.91 Å². The van der Waals surface area contributed by atoms with Gasteiger partial charge < -0.3 is 15.2 Å². The molecule has 2 heterocycles. The van der Waals surface area contributed by atoms with Gasteiger partial charge in [0.15, 0.2) is 0 Å². The topological polar surface area (TPSA) is 93.5 Å². The molecule has 0 radical (unpaired) electrons. The maximum absolute atomic E-state index is 12.6. The van der Waals surface area contributed by atoms with Gasteiger partial charge in [0.05, 0.1) is 23.5 Å². The zero-order valence-corrected chi connectivity index (χ0v) is 17.3. The number of carboxylic acids is 1. The minimum atomic E-state index is -0.819. The van der Waals surface area contributed by atoms with Gasteiger partial charge in [0.2, 0.25) is 0 Å². The molecule has 1 saturated heterocycles. The van der Waals surface area contributed by atoms with Crippen molar-refractivity contribution in [3.63, 3.8) is 0 Å². The molecule has 0 aliphatic carbocycles. The van der Waals surface area contributed by atoms with Crippen molar-refractivity contribution in [1.29, 1.82) is 0 Å². The molecule has 1 aromatic carbocycles. The number of carbonyl (C=O) groups excluding carboxylic acids is 1. The van der Waals surface area contributed by atoms with Gasteiger partial charge in [-0.15, -0.1) is 0 Å². The highest BCUT2D eigenvalue weighted by Crippen LogP contribution is 2.21. The number of aryl methyl sites for hydroxylation is 1. The second-order valence-corrected chi connectivity index (χ2v) is 7.54. The first kappa shape index (κ1) is 21.0. The smallest absolute Gasteiger partial charge is 0.303 e. The molecule has 7 heteroatoms. The fourth-order valence-corrected chi connectivity index (χ4v) is 3.90. The Hall–Kier alpha value is -2.67. The third-order valence-corrected chi connectivity index (χ3v) is 5.57. The summed E-state index contributed by atoms with van der Waals surface area (Å²) in [5.74, 6) is -0.922. The number of carbonyl (C=O) groups is 2. The lowest BCUT2D eigenvalue weighted by atomic mass is 10.0. The van der Waals surface area contributed by atoms with E-state index in [0.29, 0.717) is 12.0 Å². The predicted molar refractivity (Wildman–Crippen MR) is 110 cm³/mol. The minimum absolute atomic E-state index is 0.0254. The quantitative estimate of drug-likeness (QED) is 0.711. The van der Waals surface area contributed by atoms with E-state index in [1.54, 1.807) is 16.8 Å². The van der Waals surface area contributed by atoms with E-state index in [9.17, 15) is 9.59 Å². The number of aliphatic carboxylic acids is 1. The van der Waals surface area contributed by atoms with E-state index in [4.69, 9.17) is 9.84 Å². The molecule has 29 heavy (non-hydrogen) atoms. The number of carboxylic acid groups (broad SMARTS) is 1. The lowest BCUT2D eigenvalue weighted by Crippen LogP contribution is -2.42. The van der Waals surface area contributed by atoms with Crippen molar-refractivity contribution >= 4 is 11.9 Å². The Bertz CT molecular complexity index is 867. The van der Waals surface area contributed by atoms with Gasteiger partial charge >= 0.3 is 5.97 Å². The van der Waals surface area contributed by atoms with Crippen LogP contribution in [0.5, 0.6) is 0 Å². The van der Waals surface area contributed by atoms with Crippen molar-refractivity contribution in [2.45, 2.75) is 65.0 Å². The highest BCUT2D eigenvalue weighted by Gasteiger charge is 2.26. The van der Waals surface area contributed by atoms with E-state index < -0.39 is 5.97 Å². The molecule has 3 rings (SSSR count). The average Bonchev–Trinajstić information content (AvgIpc) is 3.33. The molecule has 2 aromatic rings. The molecule has 156 valence electrons. The number of hydrogen-bond acceptors (Lipinski definition) is 4. The maximum atomic E-state index is 12.6. The van der Waals surface area contributed by atoms with Crippen LogP contribution >= 0.6 is 0 Å². The Labute approximate surface area is 171 Å². The molecule has 1 aliphatic heterocycles. The summed E-state index contributed by atoms with van der Waals surface area (Å²) in [5.41, 5.74) is 4.14. The zero-order valence-electron chi connectivity index (χ0n) is 17.3. The predicted octanol–water partition coefficient (Wildman–Crippen LogP) is 3.19. The third-order valence-electron chi connectivity index (χ3n) is 5.57. The van der Waals surface area contributed by atoms with Crippen LogP contribution in [-0.4, -0.2) is 45.5 Å². The lowest BCUT2D eigenvalue weighted by molar-refractivity contribution is -0.136. The van der Waals surface area contributed by atoms with Crippen LogP contribution in [0, 0.1) is 13.8 Å². The summed E-state index contributed by atoms with van der Waals surface area (Å²) in [6, 6.07) is 7.34. The molecule has 7 nitrogen and oxygen atoms in total. The van der Waals surface area contributed by atoms with E-state index >= 15 is 0 Å². The van der Waals surface area contributed by atoms with Crippen molar-refractivity contribution in [2.24, 2.45) is 0 Å². The van der Waals surface area contributed by atoms with Crippen LogP contribution in [0.1, 0.15) is 59.9 Å². The maximum Gasteiger partial charge on any atom is 0.303 e. The van der Waals surface area contributed by atoms with Crippen LogP contribution in [0.4, 0.5) is 0 Å². The number of nitrogens with zero attached hydrogens (tertiary/aromatic N) is 2. The average molecular weight is 399 g/mol. The standard InChI is InChI=1S/C22H29N3O4/c1-4-19(20-6-5-13-29-20)23-22(28)16-7-9-17(10-8-16)25-15(3)18(14(2)24-25)11-12-21(26)27/h7-10,19-20H,4-6,11-13H2,1-3H3,(H,23,28)(H,26,27). The van der Waals surface area contributed by atoms with Crippen LogP contribution in [0.2, 0.25) is 0 Å². The van der Waals surface area contributed by atoms with Gasteiger partial charge in [-0.3, -0.25) is 9.59 Å². The minimum Gasteiger partial charge on any atom is -0.481 e. The SMILES string of the molecule is CCC(NC(=O)c1ccc(-n2nc(C)c(CCC(=O)O)c2C)cc1)C1CCCO1. The van der Waals surface area contributed by atoms with Crippen molar-refractivity contribution < 1.29 is 19.4 Å². The van der Waals surface area contributed by atoms with E-state index in [1.165, 1.54) is 0 Å². The number of hydrogen-bond donors (Lipinski definition) is 2. The Morgan fingerprint density at radius 2 is 2.03 bits per heavy atom. The van der Waals surface area contributed by atoms with Crippen molar-refractivity contribution in [3.05, 3.63) is 46.8 Å². The molecular weight excluding hydrogens is 370 g/mol. The monoisotopic (exact) mass is 399 g/mol. The van der Waals surface area contributed by atoms with E-state index in [2.05, 4.69) is 17.3 Å². The summed E-state index contributed by atoms with van der Waals surface area (Å²) < 4.78 is 7.52. The van der Waals surface area contributed by atoms with Gasteiger partial charge in [-0.1, -0.05) is 6.92 Å². The van der Waals surface area contributed by atoms with E-state index in [0.717, 1.165) is 48.5 Å². The second-order valence-electron chi connectivity index (χ2n) is 7.54. The highest BCUT2D eigenvalue weighted by atomic mass is 16.5. The van der Waals surface area contributed by atoms with Gasteiger partial charge in [-0.2, -0.15) is 5.10 Å². The molecule has 1 aromatic heterocycles. The van der Waals surface area contributed by atoms with E-state index in [-0.39, 0.29) is 24.5 Å². The van der Waals surface area contributed by atoms with Gasteiger partial charge in [0, 0.05) is 24.3 Å². The molecule has 2 N–H and O–H groups in total. The number of amides is 1. The Morgan fingerprint density at radius 3 is 2.62 bits per heavy atom. The summed E-state index contributed by atoms with van der Waals surface area (Å²) in [4.78, 5) is 23.5. The highest BCUT2D eigenvalue weighted by molar-refractivity contribution is 5.94. The fraction of sp³-hybridized carbons (Fsp3) is 0.500. The van der Waals surface area contributed by atoms with Crippen molar-refractivity contribution in [2.75, 3.05) is 6.61 Å². The third kappa shape index (κ3) is 4.85. The summed E-state index contributed by atoms with van der Waals surface area (Å²) in [6.07, 6.45) is 3.50. The number of aromatic nitrogens is 2. The molecule has 0 spiro atoms. The fourth-order valence-electron chi connectivity index (χ4n) is 3.90. The number of nitrogens with one attached hydrogen (secondary N) is 1. The van der Waals surface area contributed by atoms with E-state index in [1.807, 2.05) is 26.0 Å². The largest absolute Gasteiger partial charge is 0.481 e. The molecule has 2 atom stereocenters. The molecule has 2 unspecified atom stereocenters. The van der Waals surface area contributed by atoms with Gasteiger partial charge in [-0.05, 0) is 69.4 Å². The van der Waals surface area contributed by atoms with Crippen LogP contribution < -0.4 is 5.32 Å². The van der Waals surface area contributed by atoms with Crippen LogP contribution in [0.3, 0.4) is 0 Å². The van der Waals surface area contributed by atoms with Crippen molar-refractivity contribution in [3.8, 4) is 5.69 Å². The van der Waals surface area contributed by atoms with Gasteiger partial charge in [0.1, 0.15) is 0 Å². The molecule has 0 bridgehead atoms. The summed E-state index contributed by atoms with van der Waals surface area (Å²) in [7, 11) is 0. The molecular formula is C22H29N3O4. The Morgan fingerprint density at radius 1 is 1.31 bits per heavy atom. The first-order valence-electron chi connectivity index (χ1n) is 10.2. The van der Waals surface area contributed by atoms with Gasteiger partial charge in [-0.25, -0.2) is 4.68 Å². The number of rotatable bonds is 8. The number of benzene rings is 1. The Kier molecular flexibility index (Phi) is 6.69. The second kappa shape index (κ2) is 9.22. The lowest BCUT2D eigenvalue weighted by Gasteiger charge is -2.23. The summed E-state index contributed by atoms with van der Waals surface area (Å²) >= 11 is 0. The first-order valence-corrected chi connectivity index (χ1v) is 10.2. The zero-order chi connectivity index (χ0) is 21.0. The Balaban J connectivity index is 1.72. The van der Waals surface area contributed by atoms with Crippen molar-refractivity contribution in [1.82, 2.24) is 15.1 Å². The summed E-state index contributed by atoms with van der Waals surface area (Å²) in [6.45, 7) is 6.65. The summed E-state index contributed by atoms with van der Waals surface area (Å²) in [5, 5.41) is 16.6.